The number of hydrogen-bond acceptors (Lipinski definition) is 3. The minimum atomic E-state index is -0.952. The molecule has 31 heavy (non-hydrogen) atoms. The van der Waals surface area contributed by atoms with E-state index in [-0.39, 0.29) is 29.8 Å². The SMILES string of the molecule is CC(c1ccc(-c2cccc(C(=O)NC(C)(C)C)c2)cc1)C(N)C(=O)N1CCC(F)C1. The van der Waals surface area contributed by atoms with Crippen molar-refractivity contribution in [2.75, 3.05) is 13.1 Å². The molecule has 2 aromatic carbocycles. The summed E-state index contributed by atoms with van der Waals surface area (Å²) in [5, 5.41) is 2.97. The highest BCUT2D eigenvalue weighted by atomic mass is 19.1. The van der Waals surface area contributed by atoms with Crippen molar-refractivity contribution >= 4 is 11.8 Å². The Kier molecular flexibility index (Phi) is 6.80. The highest BCUT2D eigenvalue weighted by molar-refractivity contribution is 5.95. The van der Waals surface area contributed by atoms with E-state index in [0.717, 1.165) is 16.7 Å². The molecule has 1 aliphatic rings. The largest absolute Gasteiger partial charge is 0.347 e. The van der Waals surface area contributed by atoms with Crippen molar-refractivity contribution in [1.29, 1.82) is 0 Å². The van der Waals surface area contributed by atoms with Crippen LogP contribution in [0.5, 0.6) is 0 Å². The molecular formula is C25H32FN3O2. The van der Waals surface area contributed by atoms with Crippen LogP contribution in [0.3, 0.4) is 0 Å². The molecule has 3 N–H and O–H groups in total. The average Bonchev–Trinajstić information content (AvgIpc) is 3.17. The van der Waals surface area contributed by atoms with Crippen LogP contribution < -0.4 is 11.1 Å². The third-order valence-electron chi connectivity index (χ3n) is 5.65. The highest BCUT2D eigenvalue weighted by Crippen LogP contribution is 2.26. The lowest BCUT2D eigenvalue weighted by atomic mass is 9.91. The summed E-state index contributed by atoms with van der Waals surface area (Å²) in [5.74, 6) is -0.500. The average molecular weight is 426 g/mol. The molecule has 2 amide bonds. The minimum Gasteiger partial charge on any atom is -0.347 e. The van der Waals surface area contributed by atoms with Gasteiger partial charge in [-0.15, -0.1) is 0 Å². The van der Waals surface area contributed by atoms with Crippen LogP contribution in [0, 0.1) is 0 Å². The third-order valence-corrected chi connectivity index (χ3v) is 5.65. The number of alkyl halides is 1. The van der Waals surface area contributed by atoms with Gasteiger partial charge in [0.05, 0.1) is 12.6 Å². The molecule has 1 saturated heterocycles. The molecule has 6 heteroatoms. The van der Waals surface area contributed by atoms with Crippen molar-refractivity contribution in [1.82, 2.24) is 10.2 Å². The zero-order chi connectivity index (χ0) is 22.8. The van der Waals surface area contributed by atoms with Gasteiger partial charge in [-0.25, -0.2) is 4.39 Å². The Labute approximate surface area is 183 Å². The molecule has 0 aromatic heterocycles. The molecule has 2 aromatic rings. The zero-order valence-electron chi connectivity index (χ0n) is 18.7. The number of carbonyl (C=O) groups excluding carboxylic acids is 2. The normalized spacial score (nSPS) is 18.5. The van der Waals surface area contributed by atoms with E-state index in [1.165, 1.54) is 4.90 Å². The van der Waals surface area contributed by atoms with E-state index in [4.69, 9.17) is 5.73 Å². The van der Waals surface area contributed by atoms with Crippen LogP contribution >= 0.6 is 0 Å². The van der Waals surface area contributed by atoms with E-state index in [1.54, 1.807) is 6.07 Å². The van der Waals surface area contributed by atoms with Gasteiger partial charge in [-0.3, -0.25) is 9.59 Å². The number of carbonyl (C=O) groups is 2. The molecule has 0 bridgehead atoms. The predicted octanol–water partition coefficient (Wildman–Crippen LogP) is 3.88. The fraction of sp³-hybridized carbons (Fsp3) is 0.440. The van der Waals surface area contributed by atoms with Crippen molar-refractivity contribution in [3.05, 3.63) is 59.7 Å². The number of benzene rings is 2. The van der Waals surface area contributed by atoms with Crippen LogP contribution in [0.15, 0.2) is 48.5 Å². The maximum absolute atomic E-state index is 13.4. The number of amides is 2. The lowest BCUT2D eigenvalue weighted by Gasteiger charge is -2.25. The molecule has 0 spiro atoms. The van der Waals surface area contributed by atoms with Gasteiger partial charge in [0.2, 0.25) is 5.91 Å². The van der Waals surface area contributed by atoms with Gasteiger partial charge in [-0.1, -0.05) is 43.3 Å². The molecule has 5 nitrogen and oxygen atoms in total. The Hall–Kier alpha value is -2.73. The Morgan fingerprint density at radius 1 is 1.13 bits per heavy atom. The minimum absolute atomic E-state index is 0.110. The van der Waals surface area contributed by atoms with Gasteiger partial charge in [0.25, 0.3) is 5.91 Å². The first-order valence-electron chi connectivity index (χ1n) is 10.8. The first kappa shape index (κ1) is 22.9. The van der Waals surface area contributed by atoms with Crippen molar-refractivity contribution in [3.63, 3.8) is 0 Å². The molecule has 166 valence electrons. The lowest BCUT2D eigenvalue weighted by Crippen LogP contribution is -2.45. The van der Waals surface area contributed by atoms with Crippen LogP contribution in [0.4, 0.5) is 4.39 Å². The second-order valence-corrected chi connectivity index (χ2v) is 9.39. The number of hydrogen-bond donors (Lipinski definition) is 2. The zero-order valence-corrected chi connectivity index (χ0v) is 18.7. The van der Waals surface area contributed by atoms with Gasteiger partial charge < -0.3 is 16.0 Å². The fourth-order valence-electron chi connectivity index (χ4n) is 3.78. The summed E-state index contributed by atoms with van der Waals surface area (Å²) in [6.45, 7) is 8.32. The van der Waals surface area contributed by atoms with Gasteiger partial charge in [0.15, 0.2) is 0 Å². The van der Waals surface area contributed by atoms with E-state index >= 15 is 0 Å². The number of rotatable bonds is 5. The van der Waals surface area contributed by atoms with Crippen molar-refractivity contribution in [3.8, 4) is 11.1 Å². The van der Waals surface area contributed by atoms with Gasteiger partial charge in [0, 0.05) is 23.6 Å². The van der Waals surface area contributed by atoms with Crippen molar-refractivity contribution < 1.29 is 14.0 Å². The second-order valence-electron chi connectivity index (χ2n) is 9.39. The molecule has 0 saturated carbocycles. The molecule has 3 rings (SSSR count). The topological polar surface area (TPSA) is 75.4 Å². The highest BCUT2D eigenvalue weighted by Gasteiger charge is 2.32. The first-order valence-corrected chi connectivity index (χ1v) is 10.8. The van der Waals surface area contributed by atoms with E-state index in [1.807, 2.05) is 70.2 Å². The molecule has 3 unspecified atom stereocenters. The third kappa shape index (κ3) is 5.70. The second kappa shape index (κ2) is 9.18. The monoisotopic (exact) mass is 425 g/mol. The number of likely N-dealkylation sites (tertiary alicyclic amines) is 1. The van der Waals surface area contributed by atoms with Gasteiger partial charge >= 0.3 is 0 Å². The van der Waals surface area contributed by atoms with E-state index in [2.05, 4.69) is 5.32 Å². The maximum Gasteiger partial charge on any atom is 0.251 e. The van der Waals surface area contributed by atoms with Crippen LogP contribution in [0.2, 0.25) is 0 Å². The van der Waals surface area contributed by atoms with Gasteiger partial charge in [-0.2, -0.15) is 0 Å². The Bertz CT molecular complexity index is 937. The van der Waals surface area contributed by atoms with E-state index in [9.17, 15) is 14.0 Å². The fourth-order valence-corrected chi connectivity index (χ4v) is 3.78. The summed E-state index contributed by atoms with van der Waals surface area (Å²) in [6.07, 6.45) is -0.569. The molecule has 0 radical (unpaired) electrons. The molecule has 1 fully saturated rings. The number of halogens is 1. The lowest BCUT2D eigenvalue weighted by molar-refractivity contribution is -0.132. The summed E-state index contributed by atoms with van der Waals surface area (Å²) >= 11 is 0. The molecule has 3 atom stereocenters. The summed E-state index contributed by atoms with van der Waals surface area (Å²) in [7, 11) is 0. The Morgan fingerprint density at radius 3 is 2.39 bits per heavy atom. The molecule has 1 aliphatic heterocycles. The summed E-state index contributed by atoms with van der Waals surface area (Å²) in [5.41, 5.74) is 9.37. The molecular weight excluding hydrogens is 393 g/mol. The van der Waals surface area contributed by atoms with E-state index in [0.29, 0.717) is 18.5 Å². The van der Waals surface area contributed by atoms with Crippen molar-refractivity contribution in [2.45, 2.75) is 57.8 Å². The van der Waals surface area contributed by atoms with Crippen molar-refractivity contribution in [2.24, 2.45) is 5.73 Å². The summed E-state index contributed by atoms with van der Waals surface area (Å²) in [4.78, 5) is 26.6. The summed E-state index contributed by atoms with van der Waals surface area (Å²) < 4.78 is 13.4. The smallest absolute Gasteiger partial charge is 0.251 e. The first-order chi connectivity index (χ1) is 14.5. The Balaban J connectivity index is 1.72. The van der Waals surface area contributed by atoms with Gasteiger partial charge in [-0.05, 0) is 56.0 Å². The molecule has 1 heterocycles. The van der Waals surface area contributed by atoms with Crippen LogP contribution in [0.1, 0.15) is 56.0 Å². The van der Waals surface area contributed by atoms with Gasteiger partial charge in [0.1, 0.15) is 6.17 Å². The summed E-state index contributed by atoms with van der Waals surface area (Å²) in [6, 6.07) is 14.6. The quantitative estimate of drug-likeness (QED) is 0.763. The standard InChI is InChI=1S/C25H32FN3O2/c1-16(22(27)24(31)29-13-12-21(26)15-29)17-8-10-18(11-9-17)19-6-5-7-20(14-19)23(30)28-25(2,3)4/h5-11,14,16,21-22H,12-13,15,27H2,1-4H3,(H,28,30). The molecule has 0 aliphatic carbocycles. The van der Waals surface area contributed by atoms with Crippen LogP contribution in [-0.2, 0) is 4.79 Å². The van der Waals surface area contributed by atoms with Crippen LogP contribution in [0.25, 0.3) is 11.1 Å². The Morgan fingerprint density at radius 2 is 1.81 bits per heavy atom. The van der Waals surface area contributed by atoms with Crippen LogP contribution in [-0.4, -0.2) is 47.6 Å². The number of nitrogens with one attached hydrogen (secondary N) is 1. The maximum atomic E-state index is 13.4. The number of nitrogens with zero attached hydrogens (tertiary/aromatic N) is 1. The van der Waals surface area contributed by atoms with E-state index < -0.39 is 12.2 Å². The number of nitrogens with two attached hydrogens (primary N) is 1. The predicted molar refractivity (Wildman–Crippen MR) is 122 cm³/mol.